The molecule has 0 aromatic carbocycles. The molecule has 43 heteroatoms. The van der Waals surface area contributed by atoms with E-state index in [-0.39, 0.29) is 0 Å². The first-order chi connectivity index (χ1) is 45.8. The molecule has 43 nitrogen and oxygen atoms in total. The van der Waals surface area contributed by atoms with Crippen LogP contribution in [0.2, 0.25) is 0 Å². The Hall–Kier alpha value is -3.07. The van der Waals surface area contributed by atoms with Crippen molar-refractivity contribution in [1.29, 1.82) is 0 Å². The van der Waals surface area contributed by atoms with Crippen molar-refractivity contribution >= 4 is 17.7 Å². The molecule has 0 unspecified atom stereocenters. The van der Waals surface area contributed by atoms with Gasteiger partial charge in [-0.05, 0) is 6.92 Å². The largest absolute Gasteiger partial charge is 0.394 e. The van der Waals surface area contributed by atoms with E-state index in [1.807, 2.05) is 0 Å². The number of ether oxygens (including phenoxy) is 15. The summed E-state index contributed by atoms with van der Waals surface area (Å²) in [6.07, 6.45) is -73.5. The van der Waals surface area contributed by atoms with Gasteiger partial charge in [0, 0.05) is 20.8 Å². The number of nitrogens with one attached hydrogen (secondary N) is 3. The van der Waals surface area contributed by atoms with Crippen LogP contribution in [-0.2, 0) is 85.4 Å². The van der Waals surface area contributed by atoms with E-state index < -0.39 is 309 Å². The molecule has 3 amide bonds. The quantitative estimate of drug-likeness (QED) is 0.0427. The molecule has 0 radical (unpaired) electrons. The molecule has 8 rings (SSSR count). The van der Waals surface area contributed by atoms with E-state index in [0.717, 1.165) is 20.8 Å². The number of carbonyl (C=O) groups is 3. The fraction of sp³-hybridized carbons (Fsp3) is 0.944. The minimum absolute atomic E-state index is 0.797. The van der Waals surface area contributed by atoms with Crippen molar-refractivity contribution in [2.45, 2.75) is 273 Å². The molecule has 8 fully saturated rings. The predicted molar refractivity (Wildman–Crippen MR) is 298 cm³/mol. The normalized spacial score (nSPS) is 49.9. The second-order valence-corrected chi connectivity index (χ2v) is 24.6. The average molecular weight is 1420 g/mol. The smallest absolute Gasteiger partial charge is 0.217 e. The standard InChI is InChI=1S/C54H91N3O40/c1-12-26(66)34(74)38(78)50(85-12)84-11-22-43(32(72)23(47(82)86-22)55-13(2)63)93-48-24(56-14(3)64)33(73)42(20(9-62)91-48)94-53-41(81)45(31(71)21(92-53)10-83-51-39(79)35(75)27(67)16(5-58)88-51)96-54-46(37(77)29(69)18(7-60)90-54)97-49-25(57-15(4)65)44(30(70)19(8-61)87-49)95-52-40(80)36(76)28(68)17(6-59)89-52/h12,16-54,58-62,66-82H,5-11H2,1-4H3,(H,55,63)(H,56,64)(H,57,65)/t12-,16+,17+,18+,19+,20+,21+,22+,23+,24+,25+,26+,27+,28-,29+,30+,31+,32+,33+,34+,35-,36-,37-,38-,39-,40+,41-,42+,43+,44+,45-,46-,47+,48-,49-,50+,51-,52-,53-,54+/m0/s1. The summed E-state index contributed by atoms with van der Waals surface area (Å²) in [5.41, 5.74) is 0. The zero-order valence-electron chi connectivity index (χ0n) is 52.2. The van der Waals surface area contributed by atoms with Crippen molar-refractivity contribution in [3.63, 3.8) is 0 Å². The fourth-order valence-corrected chi connectivity index (χ4v) is 12.4. The Morgan fingerprint density at radius 1 is 0.289 bits per heavy atom. The fourth-order valence-electron chi connectivity index (χ4n) is 12.4. The molecular formula is C54H91N3O40. The highest BCUT2D eigenvalue weighted by molar-refractivity contribution is 5.74. The van der Waals surface area contributed by atoms with Gasteiger partial charge in [0.25, 0.3) is 0 Å². The van der Waals surface area contributed by atoms with Crippen LogP contribution in [0.15, 0.2) is 0 Å². The first kappa shape index (κ1) is 79.6. The second kappa shape index (κ2) is 34.5. The van der Waals surface area contributed by atoms with Crippen molar-refractivity contribution in [1.82, 2.24) is 16.0 Å². The van der Waals surface area contributed by atoms with Gasteiger partial charge in [0.2, 0.25) is 17.7 Å². The molecule has 8 aliphatic rings. The Morgan fingerprint density at radius 2 is 0.639 bits per heavy atom. The van der Waals surface area contributed by atoms with Gasteiger partial charge in [0.15, 0.2) is 50.3 Å². The summed E-state index contributed by atoms with van der Waals surface area (Å²) in [5, 5.41) is 248. The van der Waals surface area contributed by atoms with Gasteiger partial charge in [-0.2, -0.15) is 0 Å². The van der Waals surface area contributed by atoms with E-state index in [4.69, 9.17) is 71.1 Å². The Morgan fingerprint density at radius 3 is 1.20 bits per heavy atom. The van der Waals surface area contributed by atoms with E-state index in [9.17, 15) is 127 Å². The minimum atomic E-state index is -2.48. The maximum absolute atomic E-state index is 13.0. The SMILES string of the molecule is CC(=O)N[C@@H]1[C@@H](O)[C@H](O[C@@H]2O[C@H](CO)[C@@H](O[C@@H]3O[C@H](CO[C@H]4O[C@H](CO)[C@@H](O)[C@H](O)[C@@H]4O)[C@@H](O)[C@H](O[C@H]4O[C@H](CO)[C@@H](O)[C@H](O)[C@@H]4O[C@@H]4O[C@H](CO)[C@@H](O)[C@H](O[C@@H]5O[C@H](CO)[C@H](O)[C@H](O)[C@H]5O)[C@H]4NC(C)=O)[C@@H]3O)[C@H](O)[C@H]2NC(C)=O)[C@@H](CO[C@@H]2O[C@@H](C)[C@@H](O)[C@@H](O)[C@@H]2O)O[C@H]1O. The molecule has 25 N–H and O–H groups in total. The molecular weight excluding hydrogens is 1330 g/mol. The molecule has 8 saturated heterocycles. The van der Waals surface area contributed by atoms with Gasteiger partial charge in [0.1, 0.15) is 189 Å². The van der Waals surface area contributed by atoms with Crippen molar-refractivity contribution < 1.29 is 198 Å². The molecule has 0 spiro atoms. The molecule has 0 aliphatic carbocycles. The molecule has 8 heterocycles. The van der Waals surface area contributed by atoms with Gasteiger partial charge in [-0.1, -0.05) is 0 Å². The number of aliphatic hydroxyl groups is 22. The number of hydrogen-bond donors (Lipinski definition) is 25. The van der Waals surface area contributed by atoms with E-state index >= 15 is 0 Å². The Kier molecular flexibility index (Phi) is 28.3. The first-order valence-corrected chi connectivity index (χ1v) is 31.0. The summed E-state index contributed by atoms with van der Waals surface area (Å²) in [4.78, 5) is 38.2. The maximum atomic E-state index is 13.0. The van der Waals surface area contributed by atoms with Crippen LogP contribution in [0.1, 0.15) is 27.7 Å². The summed E-state index contributed by atoms with van der Waals surface area (Å²) >= 11 is 0. The third-order valence-electron chi connectivity index (χ3n) is 17.8. The van der Waals surface area contributed by atoms with Crippen LogP contribution >= 0.6 is 0 Å². The number of hydrogen-bond acceptors (Lipinski definition) is 40. The Balaban J connectivity index is 1.11. The molecule has 8 aliphatic heterocycles. The lowest BCUT2D eigenvalue weighted by atomic mass is 9.93. The van der Waals surface area contributed by atoms with Crippen molar-refractivity contribution in [2.24, 2.45) is 0 Å². The zero-order valence-corrected chi connectivity index (χ0v) is 52.2. The number of aliphatic hydroxyl groups excluding tert-OH is 22. The summed E-state index contributed by atoms with van der Waals surface area (Å²) in [5.74, 6) is -2.65. The molecule has 0 bridgehead atoms. The van der Waals surface area contributed by atoms with Crippen LogP contribution in [0.5, 0.6) is 0 Å². The molecule has 562 valence electrons. The van der Waals surface area contributed by atoms with Crippen LogP contribution in [0.4, 0.5) is 0 Å². The molecule has 0 aromatic rings. The molecule has 0 saturated carbocycles. The number of amides is 3. The van der Waals surface area contributed by atoms with E-state index in [0.29, 0.717) is 0 Å². The Bertz CT molecular complexity index is 2490. The van der Waals surface area contributed by atoms with Crippen LogP contribution in [0.3, 0.4) is 0 Å². The number of carbonyl (C=O) groups excluding carboxylic acids is 3. The van der Waals surface area contributed by atoms with E-state index in [2.05, 4.69) is 16.0 Å². The van der Waals surface area contributed by atoms with Crippen LogP contribution in [0, 0.1) is 0 Å². The van der Waals surface area contributed by atoms with Crippen LogP contribution in [0.25, 0.3) is 0 Å². The number of rotatable bonds is 24. The van der Waals surface area contributed by atoms with Crippen LogP contribution < -0.4 is 16.0 Å². The highest BCUT2D eigenvalue weighted by Gasteiger charge is 2.60. The first-order valence-electron chi connectivity index (χ1n) is 31.0. The lowest BCUT2D eigenvalue weighted by Gasteiger charge is -2.51. The topological polar surface area (TPSA) is 671 Å². The van der Waals surface area contributed by atoms with E-state index in [1.54, 1.807) is 0 Å². The highest BCUT2D eigenvalue weighted by atomic mass is 16.8. The lowest BCUT2D eigenvalue weighted by Crippen LogP contribution is -2.71. The summed E-state index contributed by atoms with van der Waals surface area (Å²) in [6.45, 7) is -2.83. The summed E-state index contributed by atoms with van der Waals surface area (Å²) < 4.78 is 87.9. The zero-order chi connectivity index (χ0) is 71.5. The van der Waals surface area contributed by atoms with Crippen LogP contribution in [-0.4, -0.2) is 422 Å². The van der Waals surface area contributed by atoms with Gasteiger partial charge in [0.05, 0.1) is 52.4 Å². The molecule has 97 heavy (non-hydrogen) atoms. The molecule has 40 atom stereocenters. The summed E-state index contributed by atoms with van der Waals surface area (Å²) in [7, 11) is 0. The van der Waals surface area contributed by atoms with Gasteiger partial charge < -0.3 is 199 Å². The average Bonchev–Trinajstić information content (AvgIpc) is 0.770. The van der Waals surface area contributed by atoms with Gasteiger partial charge in [-0.25, -0.2) is 0 Å². The van der Waals surface area contributed by atoms with Crippen molar-refractivity contribution in [3.8, 4) is 0 Å². The minimum Gasteiger partial charge on any atom is -0.394 e. The lowest BCUT2D eigenvalue weighted by molar-refractivity contribution is -0.397. The third-order valence-corrected chi connectivity index (χ3v) is 17.8. The third kappa shape index (κ3) is 17.6. The van der Waals surface area contributed by atoms with Gasteiger partial charge in [-0.15, -0.1) is 0 Å². The molecule has 0 aromatic heterocycles. The second-order valence-electron chi connectivity index (χ2n) is 24.6. The Labute approximate surface area is 549 Å². The highest BCUT2D eigenvalue weighted by Crippen LogP contribution is 2.39. The monoisotopic (exact) mass is 1420 g/mol. The van der Waals surface area contributed by atoms with Gasteiger partial charge in [-0.3, -0.25) is 14.4 Å². The van der Waals surface area contributed by atoms with Crippen molar-refractivity contribution in [2.75, 3.05) is 46.2 Å². The van der Waals surface area contributed by atoms with Crippen molar-refractivity contribution in [3.05, 3.63) is 0 Å². The maximum Gasteiger partial charge on any atom is 0.217 e. The summed E-state index contributed by atoms with van der Waals surface area (Å²) in [6, 6.07) is -5.49. The van der Waals surface area contributed by atoms with Gasteiger partial charge >= 0.3 is 0 Å². The predicted octanol–water partition coefficient (Wildman–Crippen LogP) is -17.0. The van der Waals surface area contributed by atoms with E-state index in [1.165, 1.54) is 6.92 Å².